The molecule has 0 radical (unpaired) electrons. The normalized spacial score (nSPS) is 15.8. The summed E-state index contributed by atoms with van der Waals surface area (Å²) in [4.78, 5) is 27.4. The number of rotatable bonds is 8. The van der Waals surface area contributed by atoms with Gasteiger partial charge >= 0.3 is 0 Å². The van der Waals surface area contributed by atoms with Gasteiger partial charge in [-0.2, -0.15) is 0 Å². The lowest BCUT2D eigenvalue weighted by Gasteiger charge is -2.33. The van der Waals surface area contributed by atoms with Crippen molar-refractivity contribution in [2.24, 2.45) is 5.73 Å². The first-order valence-corrected chi connectivity index (χ1v) is 12.0. The molecule has 1 aliphatic heterocycles. The van der Waals surface area contributed by atoms with E-state index in [9.17, 15) is 18.0 Å². The summed E-state index contributed by atoms with van der Waals surface area (Å²) in [6.45, 7) is 0.779. The zero-order chi connectivity index (χ0) is 23.5. The van der Waals surface area contributed by atoms with Gasteiger partial charge in [0.2, 0.25) is 5.91 Å². The van der Waals surface area contributed by atoms with E-state index in [1.807, 2.05) is 24.3 Å². The van der Waals surface area contributed by atoms with Crippen molar-refractivity contribution < 1.29 is 27.5 Å². The molecule has 3 aromatic rings. The number of sulfone groups is 1. The number of para-hydroxylation sites is 1. The Balaban J connectivity index is 1.34. The number of carbonyl (C=O) groups excluding carboxylic acids is 2. The number of amides is 2. The molecule has 4 N–H and O–H groups in total. The highest BCUT2D eigenvalue weighted by Crippen LogP contribution is 2.35. The maximum atomic E-state index is 13.1. The number of primary amides is 1. The summed E-state index contributed by atoms with van der Waals surface area (Å²) in [5, 5.41) is 3.72. The lowest BCUT2D eigenvalue weighted by molar-refractivity contribution is -0.122. The second kappa shape index (κ2) is 9.24. The van der Waals surface area contributed by atoms with Gasteiger partial charge in [-0.1, -0.05) is 18.2 Å². The summed E-state index contributed by atoms with van der Waals surface area (Å²) in [5.41, 5.74) is 6.83. The Kier molecular flexibility index (Phi) is 6.39. The van der Waals surface area contributed by atoms with Gasteiger partial charge < -0.3 is 25.5 Å². The van der Waals surface area contributed by atoms with Crippen LogP contribution in [-0.4, -0.2) is 56.3 Å². The largest absolute Gasteiger partial charge is 0.492 e. The van der Waals surface area contributed by atoms with Gasteiger partial charge in [-0.05, 0) is 49.2 Å². The molecule has 174 valence electrons. The van der Waals surface area contributed by atoms with E-state index in [1.54, 1.807) is 6.07 Å². The van der Waals surface area contributed by atoms with Gasteiger partial charge in [0.15, 0.2) is 14.6 Å². The molecule has 10 heteroatoms. The van der Waals surface area contributed by atoms with E-state index in [1.165, 1.54) is 24.3 Å². The molecule has 9 nitrogen and oxygen atoms in total. The predicted molar refractivity (Wildman–Crippen MR) is 122 cm³/mol. The number of ether oxygens (including phenoxy) is 2. The van der Waals surface area contributed by atoms with Gasteiger partial charge in [0.1, 0.15) is 18.1 Å². The average molecular weight is 472 g/mol. The van der Waals surface area contributed by atoms with E-state index in [0.717, 1.165) is 10.9 Å². The van der Waals surface area contributed by atoms with Crippen molar-refractivity contribution in [3.8, 4) is 5.75 Å². The van der Waals surface area contributed by atoms with Crippen LogP contribution in [0.5, 0.6) is 5.75 Å². The number of nitrogens with one attached hydrogen (secondary N) is 2. The number of hydrogen-bond donors (Lipinski definition) is 3. The Hall–Kier alpha value is -3.37. The summed E-state index contributed by atoms with van der Waals surface area (Å²) in [6.07, 6.45) is 0.0535. The maximum Gasteiger partial charge on any atom is 0.267 e. The molecule has 1 aromatic heterocycles. The van der Waals surface area contributed by atoms with Crippen LogP contribution < -0.4 is 15.8 Å². The number of aromatic amines is 1. The van der Waals surface area contributed by atoms with Crippen LogP contribution in [0, 0.1) is 0 Å². The highest BCUT2D eigenvalue weighted by atomic mass is 32.2. The molecule has 33 heavy (non-hydrogen) atoms. The molecule has 1 aliphatic rings. The molecule has 2 heterocycles. The topological polar surface area (TPSA) is 141 Å². The molecule has 2 aromatic carbocycles. The third-order valence-corrected chi connectivity index (χ3v) is 8.36. The third-order valence-electron chi connectivity index (χ3n) is 5.83. The first-order chi connectivity index (χ1) is 15.8. The first kappa shape index (κ1) is 22.8. The molecule has 0 spiro atoms. The lowest BCUT2D eigenvalue weighted by atomic mass is 9.98. The molecule has 0 bridgehead atoms. The molecule has 1 fully saturated rings. The van der Waals surface area contributed by atoms with Crippen molar-refractivity contribution in [3.63, 3.8) is 0 Å². The van der Waals surface area contributed by atoms with Gasteiger partial charge in [0.05, 0.1) is 11.4 Å². The van der Waals surface area contributed by atoms with Crippen LogP contribution in [0.15, 0.2) is 59.5 Å². The molecule has 0 aliphatic carbocycles. The minimum Gasteiger partial charge on any atom is -0.492 e. The van der Waals surface area contributed by atoms with Crippen LogP contribution in [0.1, 0.15) is 23.3 Å². The fourth-order valence-electron chi connectivity index (χ4n) is 3.91. The fraction of sp³-hybridized carbons (Fsp3) is 0.304. The first-order valence-electron chi connectivity index (χ1n) is 10.5. The average Bonchev–Trinajstić information content (AvgIpc) is 3.27. The lowest BCUT2D eigenvalue weighted by Crippen LogP contribution is -2.53. The number of fused-ring (bicyclic) bond motifs is 1. The number of benzene rings is 2. The minimum atomic E-state index is -3.99. The summed E-state index contributed by atoms with van der Waals surface area (Å²) in [5.74, 6) is -0.671. The molecule has 0 unspecified atom stereocenters. The summed E-state index contributed by atoms with van der Waals surface area (Å²) in [7, 11) is -3.99. The minimum absolute atomic E-state index is 0.00247. The van der Waals surface area contributed by atoms with Gasteiger partial charge in [-0.3, -0.25) is 9.59 Å². The number of H-pyrrole nitrogens is 1. The number of nitrogens with two attached hydrogens (primary N) is 1. The Labute approximate surface area is 191 Å². The second-order valence-electron chi connectivity index (χ2n) is 7.82. The summed E-state index contributed by atoms with van der Waals surface area (Å²) < 4.78 is 35.5. The zero-order valence-electron chi connectivity index (χ0n) is 17.9. The van der Waals surface area contributed by atoms with E-state index in [2.05, 4.69) is 10.3 Å². The van der Waals surface area contributed by atoms with Crippen LogP contribution in [0.4, 0.5) is 0 Å². The number of carbonyl (C=O) groups is 2. The Morgan fingerprint density at radius 1 is 1.09 bits per heavy atom. The Bertz CT molecular complexity index is 1230. The van der Waals surface area contributed by atoms with Crippen molar-refractivity contribution in [1.82, 2.24) is 10.3 Å². The zero-order valence-corrected chi connectivity index (χ0v) is 18.7. The smallest absolute Gasteiger partial charge is 0.267 e. The van der Waals surface area contributed by atoms with Crippen LogP contribution in [0.2, 0.25) is 0 Å². The molecule has 2 amide bonds. The van der Waals surface area contributed by atoms with Crippen LogP contribution >= 0.6 is 0 Å². The van der Waals surface area contributed by atoms with Gasteiger partial charge in [-0.25, -0.2) is 8.42 Å². The van der Waals surface area contributed by atoms with Crippen molar-refractivity contribution in [1.29, 1.82) is 0 Å². The number of aromatic nitrogens is 1. The SMILES string of the molecule is NC(=O)C1(S(=O)(=O)c2ccc(OCCNC(=O)c3cc4ccccc4[nH]3)cc2)CCOCC1. The molecule has 0 saturated carbocycles. The standard InChI is InChI=1S/C23H25N3O6S/c24-22(28)23(9-12-31-13-10-23)33(29,30)18-7-5-17(6-8-18)32-14-11-25-21(27)20-15-16-3-1-2-4-19(16)26-20/h1-8,15,26H,9-14H2,(H2,24,28)(H,25,27). The predicted octanol–water partition coefficient (Wildman–Crippen LogP) is 1.78. The van der Waals surface area contributed by atoms with Crippen molar-refractivity contribution >= 4 is 32.6 Å². The summed E-state index contributed by atoms with van der Waals surface area (Å²) >= 11 is 0. The monoisotopic (exact) mass is 471 g/mol. The van der Waals surface area contributed by atoms with E-state index in [0.29, 0.717) is 11.4 Å². The van der Waals surface area contributed by atoms with Crippen LogP contribution in [0.25, 0.3) is 10.9 Å². The Morgan fingerprint density at radius 3 is 2.45 bits per heavy atom. The van der Waals surface area contributed by atoms with Gasteiger partial charge in [-0.15, -0.1) is 0 Å². The second-order valence-corrected chi connectivity index (χ2v) is 10.1. The van der Waals surface area contributed by atoms with Crippen molar-refractivity contribution in [2.45, 2.75) is 22.5 Å². The highest BCUT2D eigenvalue weighted by molar-refractivity contribution is 7.93. The van der Waals surface area contributed by atoms with E-state index < -0.39 is 20.5 Å². The van der Waals surface area contributed by atoms with Crippen molar-refractivity contribution in [2.75, 3.05) is 26.4 Å². The van der Waals surface area contributed by atoms with Gasteiger partial charge in [0, 0.05) is 24.1 Å². The van der Waals surface area contributed by atoms with E-state index >= 15 is 0 Å². The van der Waals surface area contributed by atoms with E-state index in [4.69, 9.17) is 15.2 Å². The van der Waals surface area contributed by atoms with E-state index in [-0.39, 0.29) is 50.0 Å². The molecule has 1 saturated heterocycles. The molecular formula is C23H25N3O6S. The molecule has 4 rings (SSSR count). The fourth-order valence-corrected chi connectivity index (χ4v) is 5.83. The third kappa shape index (κ3) is 4.44. The maximum absolute atomic E-state index is 13.1. The van der Waals surface area contributed by atoms with Crippen LogP contribution in [0.3, 0.4) is 0 Å². The summed E-state index contributed by atoms with van der Waals surface area (Å²) in [6, 6.07) is 15.2. The Morgan fingerprint density at radius 2 is 1.79 bits per heavy atom. The quantitative estimate of drug-likeness (QED) is 0.428. The number of hydrogen-bond acceptors (Lipinski definition) is 6. The molecule has 0 atom stereocenters. The van der Waals surface area contributed by atoms with Crippen LogP contribution in [-0.2, 0) is 19.4 Å². The molecular weight excluding hydrogens is 446 g/mol. The van der Waals surface area contributed by atoms with Crippen molar-refractivity contribution in [3.05, 3.63) is 60.3 Å². The highest BCUT2D eigenvalue weighted by Gasteiger charge is 2.51. The van der Waals surface area contributed by atoms with Gasteiger partial charge in [0.25, 0.3) is 5.91 Å².